The molecule has 1 aromatic carbocycles. The molecule has 0 aliphatic rings. The number of aryl methyl sites for hydroxylation is 1. The maximum absolute atomic E-state index is 6.63. The highest BCUT2D eigenvalue weighted by Gasteiger charge is 2.44. The SMILES string of the molecule is CCCCCCCCC(c1ccccc1CC)C(OCCCC)(OCCCC)OCCCC. The first kappa shape index (κ1) is 30.1. The predicted octanol–water partition coefficient (Wildman–Crippen LogP) is 9.19. The van der Waals surface area contributed by atoms with Gasteiger partial charge in [0.2, 0.25) is 0 Å². The minimum Gasteiger partial charge on any atom is -0.327 e. The fraction of sp³-hybridized carbons (Fsp3) is 0.800. The quantitative estimate of drug-likeness (QED) is 0.127. The molecule has 3 heteroatoms. The van der Waals surface area contributed by atoms with Crippen LogP contribution in [0.25, 0.3) is 0 Å². The fourth-order valence-corrected chi connectivity index (χ4v) is 4.35. The number of hydrogen-bond acceptors (Lipinski definition) is 3. The second-order valence-corrected chi connectivity index (χ2v) is 9.37. The van der Waals surface area contributed by atoms with Crippen LogP contribution in [0.1, 0.15) is 135 Å². The topological polar surface area (TPSA) is 27.7 Å². The molecule has 0 fully saturated rings. The molecule has 33 heavy (non-hydrogen) atoms. The van der Waals surface area contributed by atoms with E-state index in [0.717, 1.165) is 51.4 Å². The summed E-state index contributed by atoms with van der Waals surface area (Å²) in [6.07, 6.45) is 16.2. The summed E-state index contributed by atoms with van der Waals surface area (Å²) in [6.45, 7) is 13.2. The summed E-state index contributed by atoms with van der Waals surface area (Å²) in [5.41, 5.74) is 2.73. The van der Waals surface area contributed by atoms with Gasteiger partial charge in [0.25, 0.3) is 5.97 Å². The zero-order valence-electron chi connectivity index (χ0n) is 22.6. The summed E-state index contributed by atoms with van der Waals surface area (Å²) in [5.74, 6) is -0.904. The molecule has 1 aromatic rings. The van der Waals surface area contributed by atoms with Gasteiger partial charge in [0, 0.05) is 0 Å². The Morgan fingerprint density at radius 1 is 0.606 bits per heavy atom. The van der Waals surface area contributed by atoms with E-state index < -0.39 is 5.97 Å². The molecule has 0 radical (unpaired) electrons. The van der Waals surface area contributed by atoms with Gasteiger partial charge in [-0.15, -0.1) is 0 Å². The van der Waals surface area contributed by atoms with Crippen molar-refractivity contribution in [1.82, 2.24) is 0 Å². The van der Waals surface area contributed by atoms with E-state index in [1.165, 1.54) is 49.7 Å². The van der Waals surface area contributed by atoms with Gasteiger partial charge in [0.05, 0.1) is 25.7 Å². The molecule has 0 saturated carbocycles. The summed E-state index contributed by atoms with van der Waals surface area (Å²) in [6, 6.07) is 8.86. The highest BCUT2D eigenvalue weighted by atomic mass is 16.9. The third-order valence-electron chi connectivity index (χ3n) is 6.49. The molecule has 3 nitrogen and oxygen atoms in total. The van der Waals surface area contributed by atoms with Gasteiger partial charge in [0.15, 0.2) is 0 Å². The zero-order chi connectivity index (χ0) is 24.2. The molecule has 0 spiro atoms. The van der Waals surface area contributed by atoms with E-state index in [0.29, 0.717) is 19.8 Å². The lowest BCUT2D eigenvalue weighted by atomic mass is 9.86. The van der Waals surface area contributed by atoms with Crippen LogP contribution in [0.2, 0.25) is 0 Å². The Labute approximate surface area is 206 Å². The van der Waals surface area contributed by atoms with Gasteiger partial charge < -0.3 is 14.2 Å². The first-order chi connectivity index (χ1) is 16.2. The number of rotatable bonds is 22. The van der Waals surface area contributed by atoms with Crippen LogP contribution in [0, 0.1) is 0 Å². The molecule has 192 valence electrons. The second-order valence-electron chi connectivity index (χ2n) is 9.37. The van der Waals surface area contributed by atoms with Gasteiger partial charge in [-0.3, -0.25) is 0 Å². The number of unbranched alkanes of at least 4 members (excludes halogenated alkanes) is 8. The number of benzene rings is 1. The standard InChI is InChI=1S/C30H54O3/c1-6-11-15-16-17-18-23-29(28-22-20-19-21-27(28)10-5)30(31-24-12-7-2,32-25-13-8-3)33-26-14-9-4/h19-22,29H,6-18,23-26H2,1-5H3. The Bertz CT molecular complexity index is 545. The normalized spacial score (nSPS) is 12.9. The molecular formula is C30H54O3. The van der Waals surface area contributed by atoms with Crippen molar-refractivity contribution in [3.8, 4) is 0 Å². The van der Waals surface area contributed by atoms with E-state index in [2.05, 4.69) is 58.9 Å². The molecule has 1 rings (SSSR count). The van der Waals surface area contributed by atoms with Crippen LogP contribution in [0.3, 0.4) is 0 Å². The molecule has 0 heterocycles. The molecule has 0 amide bonds. The van der Waals surface area contributed by atoms with E-state index >= 15 is 0 Å². The monoisotopic (exact) mass is 462 g/mol. The first-order valence-corrected chi connectivity index (χ1v) is 14.2. The van der Waals surface area contributed by atoms with Crippen LogP contribution in [0.4, 0.5) is 0 Å². The van der Waals surface area contributed by atoms with Crippen molar-refractivity contribution in [2.45, 2.75) is 136 Å². The highest BCUT2D eigenvalue weighted by molar-refractivity contribution is 5.31. The molecular weight excluding hydrogens is 408 g/mol. The highest BCUT2D eigenvalue weighted by Crippen LogP contribution is 2.40. The van der Waals surface area contributed by atoms with Crippen molar-refractivity contribution in [1.29, 1.82) is 0 Å². The lowest BCUT2D eigenvalue weighted by Gasteiger charge is -2.41. The van der Waals surface area contributed by atoms with Crippen molar-refractivity contribution in [3.63, 3.8) is 0 Å². The van der Waals surface area contributed by atoms with E-state index in [1.54, 1.807) is 0 Å². The van der Waals surface area contributed by atoms with E-state index in [4.69, 9.17) is 14.2 Å². The van der Waals surface area contributed by atoms with Crippen LogP contribution in [0.15, 0.2) is 24.3 Å². The number of hydrogen-bond donors (Lipinski definition) is 0. The Morgan fingerprint density at radius 2 is 1.09 bits per heavy atom. The van der Waals surface area contributed by atoms with Crippen molar-refractivity contribution >= 4 is 0 Å². The van der Waals surface area contributed by atoms with Gasteiger partial charge in [-0.2, -0.15) is 0 Å². The van der Waals surface area contributed by atoms with Crippen molar-refractivity contribution < 1.29 is 14.2 Å². The van der Waals surface area contributed by atoms with Crippen LogP contribution < -0.4 is 0 Å². The largest absolute Gasteiger partial charge is 0.327 e. The third kappa shape index (κ3) is 11.4. The lowest BCUT2D eigenvalue weighted by molar-refractivity contribution is -0.393. The zero-order valence-corrected chi connectivity index (χ0v) is 22.6. The van der Waals surface area contributed by atoms with Gasteiger partial charge >= 0.3 is 0 Å². The van der Waals surface area contributed by atoms with Crippen molar-refractivity contribution in [2.75, 3.05) is 19.8 Å². The molecule has 0 saturated heterocycles. The molecule has 0 aliphatic carbocycles. The van der Waals surface area contributed by atoms with Crippen LogP contribution >= 0.6 is 0 Å². The van der Waals surface area contributed by atoms with Gasteiger partial charge in [-0.25, -0.2) is 0 Å². The van der Waals surface area contributed by atoms with E-state index in [1.807, 2.05) is 0 Å². The van der Waals surface area contributed by atoms with Crippen molar-refractivity contribution in [3.05, 3.63) is 35.4 Å². The Hall–Kier alpha value is -0.900. The van der Waals surface area contributed by atoms with Crippen molar-refractivity contribution in [2.24, 2.45) is 0 Å². The average Bonchev–Trinajstić information content (AvgIpc) is 2.84. The maximum atomic E-state index is 6.63. The number of ether oxygens (including phenoxy) is 3. The Morgan fingerprint density at radius 3 is 1.61 bits per heavy atom. The molecule has 1 atom stereocenters. The summed E-state index contributed by atoms with van der Waals surface area (Å²) in [5, 5.41) is 0. The van der Waals surface area contributed by atoms with E-state index in [9.17, 15) is 0 Å². The first-order valence-electron chi connectivity index (χ1n) is 14.2. The molecule has 0 aliphatic heterocycles. The molecule has 1 unspecified atom stereocenters. The van der Waals surface area contributed by atoms with Crippen LogP contribution in [-0.4, -0.2) is 25.8 Å². The minimum absolute atomic E-state index is 0.0883. The summed E-state index contributed by atoms with van der Waals surface area (Å²) >= 11 is 0. The summed E-state index contributed by atoms with van der Waals surface area (Å²) in [4.78, 5) is 0. The summed E-state index contributed by atoms with van der Waals surface area (Å²) < 4.78 is 19.9. The van der Waals surface area contributed by atoms with Gasteiger partial charge in [-0.1, -0.05) is 117 Å². The summed E-state index contributed by atoms with van der Waals surface area (Å²) in [7, 11) is 0. The predicted molar refractivity (Wildman–Crippen MR) is 142 cm³/mol. The molecule has 0 bridgehead atoms. The average molecular weight is 463 g/mol. The minimum atomic E-state index is -0.992. The second kappa shape index (κ2) is 19.4. The van der Waals surface area contributed by atoms with E-state index in [-0.39, 0.29) is 5.92 Å². The lowest BCUT2D eigenvalue weighted by Crippen LogP contribution is -2.46. The van der Waals surface area contributed by atoms with Crippen LogP contribution in [-0.2, 0) is 20.6 Å². The smallest absolute Gasteiger partial charge is 0.290 e. The Kier molecular flexibility index (Phi) is 17.7. The third-order valence-corrected chi connectivity index (χ3v) is 6.49. The molecule has 0 aromatic heterocycles. The van der Waals surface area contributed by atoms with Gasteiger partial charge in [-0.05, 0) is 43.2 Å². The van der Waals surface area contributed by atoms with Crippen LogP contribution in [0.5, 0.6) is 0 Å². The van der Waals surface area contributed by atoms with Gasteiger partial charge in [0.1, 0.15) is 0 Å². The molecule has 0 N–H and O–H groups in total. The Balaban J connectivity index is 3.26. The fourth-order valence-electron chi connectivity index (χ4n) is 4.35. The maximum Gasteiger partial charge on any atom is 0.290 e.